The maximum Gasteiger partial charge on any atom is 0.253 e. The predicted octanol–water partition coefficient (Wildman–Crippen LogP) is 4.00. The molecule has 146 valence electrons. The Morgan fingerprint density at radius 1 is 1.03 bits per heavy atom. The van der Waals surface area contributed by atoms with Crippen LogP contribution in [0.5, 0.6) is 0 Å². The lowest BCUT2D eigenvalue weighted by atomic mass is 9.74. The third-order valence-corrected chi connectivity index (χ3v) is 6.29. The second-order valence-corrected chi connectivity index (χ2v) is 8.13. The molecule has 2 aromatic rings. The average molecular weight is 385 g/mol. The van der Waals surface area contributed by atoms with E-state index in [0.29, 0.717) is 17.7 Å². The van der Waals surface area contributed by atoms with Gasteiger partial charge in [0.05, 0.1) is 12.1 Å². The first-order chi connectivity index (χ1) is 14.1. The SMILES string of the molecule is CC1=NN(c2ccc(C(=O)N3CCC4(C=Cc5ccccc54)CC3)cc2)C(=O)C1. The molecule has 0 N–H and O–H groups in total. The van der Waals surface area contributed by atoms with E-state index in [1.54, 1.807) is 24.3 Å². The minimum absolute atomic E-state index is 0.0344. The number of carbonyl (C=O) groups excluding carboxylic acids is 2. The van der Waals surface area contributed by atoms with Crippen LogP contribution >= 0.6 is 0 Å². The molecule has 1 spiro atoms. The van der Waals surface area contributed by atoms with E-state index in [2.05, 4.69) is 41.5 Å². The molecule has 0 aromatic heterocycles. The number of fused-ring (bicyclic) bond motifs is 2. The molecule has 0 unspecified atom stereocenters. The monoisotopic (exact) mass is 385 g/mol. The Kier molecular flexibility index (Phi) is 4.12. The Bertz CT molecular complexity index is 1040. The summed E-state index contributed by atoms with van der Waals surface area (Å²) in [4.78, 5) is 26.9. The van der Waals surface area contributed by atoms with Crippen LogP contribution in [0, 0.1) is 0 Å². The van der Waals surface area contributed by atoms with Gasteiger partial charge in [-0.3, -0.25) is 9.59 Å². The summed E-state index contributed by atoms with van der Waals surface area (Å²) in [7, 11) is 0. The van der Waals surface area contributed by atoms with Gasteiger partial charge in [-0.25, -0.2) is 5.01 Å². The standard InChI is InChI=1S/C24H23N3O2/c1-17-16-22(28)27(25-17)20-8-6-19(7-9-20)23(29)26-14-12-24(13-15-26)11-10-18-4-2-3-5-21(18)24/h2-11H,12-16H2,1H3. The van der Waals surface area contributed by atoms with E-state index < -0.39 is 0 Å². The molecule has 29 heavy (non-hydrogen) atoms. The molecule has 3 aliphatic rings. The Balaban J connectivity index is 1.28. The second-order valence-electron chi connectivity index (χ2n) is 8.13. The zero-order chi connectivity index (χ0) is 20.0. The normalized spacial score (nSPS) is 19.6. The number of likely N-dealkylation sites (tertiary alicyclic amines) is 1. The van der Waals surface area contributed by atoms with Crippen molar-refractivity contribution in [3.8, 4) is 0 Å². The summed E-state index contributed by atoms with van der Waals surface area (Å²) in [6, 6.07) is 15.7. The number of nitrogens with zero attached hydrogens (tertiary/aromatic N) is 3. The van der Waals surface area contributed by atoms with E-state index in [4.69, 9.17) is 0 Å². The van der Waals surface area contributed by atoms with Crippen molar-refractivity contribution in [2.24, 2.45) is 5.10 Å². The molecular formula is C24H23N3O2. The van der Waals surface area contributed by atoms with Crippen molar-refractivity contribution < 1.29 is 9.59 Å². The zero-order valence-corrected chi connectivity index (χ0v) is 16.5. The first-order valence-corrected chi connectivity index (χ1v) is 10.1. The zero-order valence-electron chi connectivity index (χ0n) is 16.5. The van der Waals surface area contributed by atoms with Gasteiger partial charge in [0.2, 0.25) is 0 Å². The lowest BCUT2D eigenvalue weighted by Gasteiger charge is -2.39. The highest BCUT2D eigenvalue weighted by molar-refractivity contribution is 6.12. The van der Waals surface area contributed by atoms with Crippen LogP contribution in [0.3, 0.4) is 0 Å². The number of anilines is 1. The van der Waals surface area contributed by atoms with E-state index in [1.165, 1.54) is 16.1 Å². The van der Waals surface area contributed by atoms with Gasteiger partial charge < -0.3 is 4.90 Å². The highest BCUT2D eigenvalue weighted by atomic mass is 16.2. The smallest absolute Gasteiger partial charge is 0.253 e. The predicted molar refractivity (Wildman–Crippen MR) is 114 cm³/mol. The van der Waals surface area contributed by atoms with Crippen LogP contribution in [-0.4, -0.2) is 35.5 Å². The number of hydrogen-bond donors (Lipinski definition) is 0. The van der Waals surface area contributed by atoms with Gasteiger partial charge in [0, 0.05) is 29.8 Å². The van der Waals surface area contributed by atoms with Gasteiger partial charge in [0.1, 0.15) is 0 Å². The van der Waals surface area contributed by atoms with E-state index in [-0.39, 0.29) is 17.2 Å². The maximum absolute atomic E-state index is 13.0. The maximum atomic E-state index is 13.0. The summed E-state index contributed by atoms with van der Waals surface area (Å²) >= 11 is 0. The first kappa shape index (κ1) is 17.9. The van der Waals surface area contributed by atoms with Crippen LogP contribution in [0.2, 0.25) is 0 Å². The summed E-state index contributed by atoms with van der Waals surface area (Å²) in [5.41, 5.74) is 4.93. The van der Waals surface area contributed by atoms with Gasteiger partial charge in [0.25, 0.3) is 11.8 Å². The summed E-state index contributed by atoms with van der Waals surface area (Å²) in [6.45, 7) is 3.33. The molecule has 0 saturated carbocycles. The Hall–Kier alpha value is -3.21. The Morgan fingerprint density at radius 2 is 1.76 bits per heavy atom. The van der Waals surface area contributed by atoms with Gasteiger partial charge in [-0.15, -0.1) is 0 Å². The number of rotatable bonds is 2. The largest absolute Gasteiger partial charge is 0.339 e. The molecule has 5 nitrogen and oxygen atoms in total. The quantitative estimate of drug-likeness (QED) is 0.785. The highest BCUT2D eigenvalue weighted by Crippen LogP contribution is 2.43. The molecule has 0 atom stereocenters. The molecular weight excluding hydrogens is 362 g/mol. The number of amides is 2. The van der Waals surface area contributed by atoms with Crippen molar-refractivity contribution in [2.75, 3.05) is 18.1 Å². The molecule has 0 radical (unpaired) electrons. The first-order valence-electron chi connectivity index (χ1n) is 10.1. The van der Waals surface area contributed by atoms with Crippen molar-refractivity contribution in [3.05, 3.63) is 71.3 Å². The summed E-state index contributed by atoms with van der Waals surface area (Å²) in [5, 5.41) is 5.68. The molecule has 5 heteroatoms. The van der Waals surface area contributed by atoms with Gasteiger partial charge >= 0.3 is 0 Å². The van der Waals surface area contributed by atoms with Crippen LogP contribution < -0.4 is 5.01 Å². The van der Waals surface area contributed by atoms with E-state index in [0.717, 1.165) is 31.6 Å². The minimum atomic E-state index is -0.0344. The Labute approximate surface area is 170 Å². The topological polar surface area (TPSA) is 53.0 Å². The lowest BCUT2D eigenvalue weighted by molar-refractivity contribution is -0.116. The third kappa shape index (κ3) is 2.97. The van der Waals surface area contributed by atoms with Crippen molar-refractivity contribution >= 4 is 29.3 Å². The number of benzene rings is 2. The minimum Gasteiger partial charge on any atom is -0.339 e. The molecule has 2 heterocycles. The number of hydrogen-bond acceptors (Lipinski definition) is 3. The van der Waals surface area contributed by atoms with Crippen LogP contribution in [0.4, 0.5) is 5.69 Å². The lowest BCUT2D eigenvalue weighted by Crippen LogP contribution is -2.44. The fraction of sp³-hybridized carbons (Fsp3) is 0.292. The van der Waals surface area contributed by atoms with Crippen molar-refractivity contribution in [3.63, 3.8) is 0 Å². The molecule has 2 aliphatic heterocycles. The number of hydrazone groups is 1. The number of piperidine rings is 1. The molecule has 1 aliphatic carbocycles. The highest BCUT2D eigenvalue weighted by Gasteiger charge is 2.39. The van der Waals surface area contributed by atoms with E-state index in [1.807, 2.05) is 11.8 Å². The molecule has 2 aromatic carbocycles. The Morgan fingerprint density at radius 3 is 2.45 bits per heavy atom. The van der Waals surface area contributed by atoms with E-state index >= 15 is 0 Å². The van der Waals surface area contributed by atoms with Gasteiger partial charge in [-0.1, -0.05) is 36.4 Å². The van der Waals surface area contributed by atoms with Crippen LogP contribution in [0.15, 0.2) is 59.7 Å². The molecule has 1 saturated heterocycles. The molecule has 2 amide bonds. The fourth-order valence-electron chi connectivity index (χ4n) is 4.66. The summed E-state index contributed by atoms with van der Waals surface area (Å²) < 4.78 is 0. The van der Waals surface area contributed by atoms with Crippen LogP contribution in [0.1, 0.15) is 47.7 Å². The van der Waals surface area contributed by atoms with Crippen molar-refractivity contribution in [2.45, 2.75) is 31.6 Å². The van der Waals surface area contributed by atoms with E-state index in [9.17, 15) is 9.59 Å². The average Bonchev–Trinajstić information content (AvgIpc) is 3.28. The molecule has 1 fully saturated rings. The van der Waals surface area contributed by atoms with Crippen LogP contribution in [-0.2, 0) is 10.2 Å². The van der Waals surface area contributed by atoms with Gasteiger partial charge in [-0.05, 0) is 55.2 Å². The molecule has 5 rings (SSSR count). The number of carbonyl (C=O) groups is 2. The second kappa shape index (κ2) is 6.69. The number of allylic oxidation sites excluding steroid dienone is 1. The van der Waals surface area contributed by atoms with Crippen LogP contribution in [0.25, 0.3) is 6.08 Å². The van der Waals surface area contributed by atoms with Gasteiger partial charge in [0.15, 0.2) is 0 Å². The van der Waals surface area contributed by atoms with Crippen molar-refractivity contribution in [1.29, 1.82) is 0 Å². The fourth-order valence-corrected chi connectivity index (χ4v) is 4.66. The molecule has 0 bridgehead atoms. The summed E-state index contributed by atoms with van der Waals surface area (Å²) in [6.07, 6.45) is 6.79. The van der Waals surface area contributed by atoms with Crippen molar-refractivity contribution in [1.82, 2.24) is 4.90 Å². The third-order valence-electron chi connectivity index (χ3n) is 6.29. The van der Waals surface area contributed by atoms with Gasteiger partial charge in [-0.2, -0.15) is 5.10 Å². The summed E-state index contributed by atoms with van der Waals surface area (Å²) in [5.74, 6) is 0.0156.